The van der Waals surface area contributed by atoms with Gasteiger partial charge in [-0.2, -0.15) is 22.9 Å². The van der Waals surface area contributed by atoms with E-state index in [-0.39, 0.29) is 28.4 Å². The fraction of sp³-hybridized carbons (Fsp3) is 0.129. The van der Waals surface area contributed by atoms with Crippen LogP contribution in [0.15, 0.2) is 99.3 Å². The van der Waals surface area contributed by atoms with Crippen LogP contribution in [0.2, 0.25) is 5.02 Å². The fourth-order valence-electron chi connectivity index (χ4n) is 4.20. The van der Waals surface area contributed by atoms with Crippen LogP contribution in [0.4, 0.5) is 13.2 Å². The van der Waals surface area contributed by atoms with Gasteiger partial charge in [-0.15, -0.1) is 0 Å². The van der Waals surface area contributed by atoms with Gasteiger partial charge < -0.3 is 9.47 Å². The number of hydrogen-bond acceptors (Lipinski definition) is 5. The van der Waals surface area contributed by atoms with Crippen LogP contribution in [0, 0.1) is 0 Å². The van der Waals surface area contributed by atoms with Crippen molar-refractivity contribution in [2.75, 3.05) is 6.61 Å². The van der Waals surface area contributed by atoms with Gasteiger partial charge >= 0.3 is 6.18 Å². The Morgan fingerprint density at radius 2 is 1.74 bits per heavy atom. The molecule has 0 N–H and O–H groups in total. The summed E-state index contributed by atoms with van der Waals surface area (Å²) in [5.74, 6) is 0.613. The lowest BCUT2D eigenvalue weighted by atomic mass is 10.1. The number of nitrogens with zero attached hydrogens (tertiary/aromatic N) is 3. The van der Waals surface area contributed by atoms with Gasteiger partial charge in [0.1, 0.15) is 11.6 Å². The fourth-order valence-corrected chi connectivity index (χ4v) is 4.85. The van der Waals surface area contributed by atoms with Crippen LogP contribution in [0.5, 0.6) is 11.5 Å². The zero-order valence-electron chi connectivity index (χ0n) is 22.0. The Hall–Kier alpha value is -4.15. The quantitative estimate of drug-likeness (QED) is 0.158. The molecule has 0 spiro atoms. The molecule has 1 heterocycles. The van der Waals surface area contributed by atoms with E-state index in [9.17, 15) is 18.0 Å². The molecule has 0 aliphatic heterocycles. The van der Waals surface area contributed by atoms with Crippen molar-refractivity contribution >= 4 is 44.6 Å². The van der Waals surface area contributed by atoms with Crippen molar-refractivity contribution in [1.82, 2.24) is 9.66 Å². The summed E-state index contributed by atoms with van der Waals surface area (Å²) in [7, 11) is 0. The lowest BCUT2D eigenvalue weighted by molar-refractivity contribution is -0.137. The Morgan fingerprint density at radius 3 is 2.48 bits per heavy atom. The van der Waals surface area contributed by atoms with Gasteiger partial charge in [0.15, 0.2) is 17.3 Å². The topological polar surface area (TPSA) is 65.7 Å². The van der Waals surface area contributed by atoms with Crippen LogP contribution in [0.25, 0.3) is 22.3 Å². The summed E-state index contributed by atoms with van der Waals surface area (Å²) in [6, 6.07) is 22.3. The molecule has 0 fully saturated rings. The Balaban J connectivity index is 1.61. The number of para-hydroxylation sites is 1. The first-order chi connectivity index (χ1) is 20.2. The van der Waals surface area contributed by atoms with Gasteiger partial charge in [-0.25, -0.2) is 4.98 Å². The average Bonchev–Trinajstić information content (AvgIpc) is 2.99. The molecular formula is C31H22BrClF3N3O3. The summed E-state index contributed by atoms with van der Waals surface area (Å²) in [6.45, 7) is 2.38. The van der Waals surface area contributed by atoms with E-state index in [0.29, 0.717) is 33.7 Å². The summed E-state index contributed by atoms with van der Waals surface area (Å²) in [5, 5.41) is 4.85. The van der Waals surface area contributed by atoms with E-state index >= 15 is 0 Å². The van der Waals surface area contributed by atoms with Gasteiger partial charge in [0.2, 0.25) is 0 Å². The van der Waals surface area contributed by atoms with Crippen molar-refractivity contribution in [3.63, 3.8) is 0 Å². The molecule has 0 unspecified atom stereocenters. The second-order valence-electron chi connectivity index (χ2n) is 9.02. The molecule has 0 saturated heterocycles. The van der Waals surface area contributed by atoms with Gasteiger partial charge in [0, 0.05) is 15.6 Å². The third-order valence-electron chi connectivity index (χ3n) is 6.20. The molecule has 4 aromatic carbocycles. The van der Waals surface area contributed by atoms with Gasteiger partial charge in [0.05, 0.1) is 29.3 Å². The van der Waals surface area contributed by atoms with Crippen molar-refractivity contribution in [2.45, 2.75) is 19.7 Å². The predicted octanol–water partition coefficient (Wildman–Crippen LogP) is 8.36. The highest BCUT2D eigenvalue weighted by molar-refractivity contribution is 9.10. The molecule has 0 aliphatic carbocycles. The minimum absolute atomic E-state index is 0.0592. The number of alkyl halides is 3. The maximum atomic E-state index is 13.5. The molecule has 0 bridgehead atoms. The molecule has 0 amide bonds. The maximum absolute atomic E-state index is 13.5. The molecule has 0 radical (unpaired) electrons. The minimum Gasteiger partial charge on any atom is -0.490 e. The molecule has 5 aromatic rings. The van der Waals surface area contributed by atoms with Crippen molar-refractivity contribution in [3.8, 4) is 22.9 Å². The van der Waals surface area contributed by atoms with E-state index in [1.807, 2.05) is 37.3 Å². The predicted molar refractivity (Wildman–Crippen MR) is 161 cm³/mol. The Kier molecular flexibility index (Phi) is 8.65. The first kappa shape index (κ1) is 29.3. The van der Waals surface area contributed by atoms with E-state index in [1.165, 1.54) is 18.3 Å². The molecule has 0 aliphatic rings. The zero-order valence-corrected chi connectivity index (χ0v) is 24.4. The van der Waals surface area contributed by atoms with Crippen LogP contribution in [-0.2, 0) is 12.8 Å². The molecule has 42 heavy (non-hydrogen) atoms. The second-order valence-corrected chi connectivity index (χ2v) is 10.2. The zero-order chi connectivity index (χ0) is 29.9. The van der Waals surface area contributed by atoms with Crippen molar-refractivity contribution < 1.29 is 22.6 Å². The van der Waals surface area contributed by atoms with Crippen LogP contribution in [0.3, 0.4) is 0 Å². The Bertz CT molecular complexity index is 1840. The van der Waals surface area contributed by atoms with Crippen molar-refractivity contribution in [2.24, 2.45) is 5.10 Å². The third-order valence-corrected chi connectivity index (χ3v) is 7.64. The highest BCUT2D eigenvalue weighted by atomic mass is 79.9. The monoisotopic (exact) mass is 655 g/mol. The second kappa shape index (κ2) is 12.4. The van der Waals surface area contributed by atoms with Crippen molar-refractivity contribution in [3.05, 3.63) is 121 Å². The Morgan fingerprint density at radius 1 is 1.00 bits per heavy atom. The standard InChI is InChI=1S/C31H22BrClF3N3O3/c1-2-41-25-16-21(26(32)27(33)28(25)42-18-19-9-4-3-5-10-19)17-37-39-29(20-11-8-12-22(15-20)31(34,35)36)38-24-14-7-6-13-23(24)30(39)40/h3-17H,2,18H2,1H3. The summed E-state index contributed by atoms with van der Waals surface area (Å²) in [4.78, 5) is 18.0. The van der Waals surface area contributed by atoms with Gasteiger partial charge in [-0.1, -0.05) is 66.2 Å². The number of hydrogen-bond donors (Lipinski definition) is 0. The Labute approximate surface area is 252 Å². The van der Waals surface area contributed by atoms with E-state index in [2.05, 4.69) is 26.0 Å². The molecule has 0 saturated carbocycles. The third kappa shape index (κ3) is 6.19. The van der Waals surface area contributed by atoms with Crippen LogP contribution in [-0.4, -0.2) is 22.5 Å². The number of benzene rings is 4. The first-order valence-corrected chi connectivity index (χ1v) is 13.9. The van der Waals surface area contributed by atoms with Crippen molar-refractivity contribution in [1.29, 1.82) is 0 Å². The average molecular weight is 657 g/mol. The van der Waals surface area contributed by atoms with Gasteiger partial charge in [-0.05, 0) is 58.7 Å². The van der Waals surface area contributed by atoms with E-state index in [4.69, 9.17) is 21.1 Å². The highest BCUT2D eigenvalue weighted by Gasteiger charge is 2.31. The van der Waals surface area contributed by atoms with Crippen LogP contribution in [0.1, 0.15) is 23.6 Å². The first-order valence-electron chi connectivity index (χ1n) is 12.7. The summed E-state index contributed by atoms with van der Waals surface area (Å²) >= 11 is 10.2. The molecule has 0 atom stereocenters. The highest BCUT2D eigenvalue weighted by Crippen LogP contribution is 2.42. The summed E-state index contributed by atoms with van der Waals surface area (Å²) < 4.78 is 53.7. The number of rotatable bonds is 8. The van der Waals surface area contributed by atoms with Gasteiger partial charge in [0.25, 0.3) is 5.56 Å². The number of fused-ring (bicyclic) bond motifs is 1. The lowest BCUT2D eigenvalue weighted by Crippen LogP contribution is -2.20. The molecule has 214 valence electrons. The minimum atomic E-state index is -4.58. The van der Waals surface area contributed by atoms with E-state index in [1.54, 1.807) is 30.3 Å². The van der Waals surface area contributed by atoms with Gasteiger partial charge in [-0.3, -0.25) is 4.79 Å². The summed E-state index contributed by atoms with van der Waals surface area (Å²) in [5.41, 5.74) is 0.332. The summed E-state index contributed by atoms with van der Waals surface area (Å²) in [6.07, 6.45) is -3.22. The molecular weight excluding hydrogens is 635 g/mol. The number of ether oxygens (including phenoxy) is 2. The molecule has 1 aromatic heterocycles. The van der Waals surface area contributed by atoms with Crippen LogP contribution < -0.4 is 15.0 Å². The number of aromatic nitrogens is 2. The van der Waals surface area contributed by atoms with Crippen LogP contribution >= 0.6 is 27.5 Å². The smallest absolute Gasteiger partial charge is 0.416 e. The molecule has 5 rings (SSSR count). The van der Waals surface area contributed by atoms with E-state index < -0.39 is 17.3 Å². The SMILES string of the molecule is CCOc1cc(C=Nn2c(-c3cccc(C(F)(F)F)c3)nc3ccccc3c2=O)c(Br)c(Cl)c1OCc1ccccc1. The largest absolute Gasteiger partial charge is 0.490 e. The number of halogens is 5. The van der Waals surface area contributed by atoms with E-state index in [0.717, 1.165) is 22.4 Å². The molecule has 6 nitrogen and oxygen atoms in total. The molecule has 11 heteroatoms. The lowest BCUT2D eigenvalue weighted by Gasteiger charge is -2.16. The maximum Gasteiger partial charge on any atom is 0.416 e. The normalized spacial score (nSPS) is 11.8.